The number of hydrogen-bond donors (Lipinski definition) is 0. The van der Waals surface area contributed by atoms with E-state index in [2.05, 4.69) is 4.90 Å². The maximum Gasteiger partial charge on any atom is 0.273 e. The van der Waals surface area contributed by atoms with E-state index in [0.29, 0.717) is 38.3 Å². The van der Waals surface area contributed by atoms with Crippen molar-refractivity contribution < 1.29 is 18.8 Å². The molecule has 8 heteroatoms. The second kappa shape index (κ2) is 11.3. The van der Waals surface area contributed by atoms with Crippen LogP contribution in [0, 0.1) is 21.8 Å². The Kier molecular flexibility index (Phi) is 7.95. The maximum atomic E-state index is 13.4. The van der Waals surface area contributed by atoms with Gasteiger partial charge in [-0.3, -0.25) is 19.8 Å². The maximum absolute atomic E-state index is 13.4. The Hall–Kier alpha value is -3.78. The predicted octanol–water partition coefficient (Wildman–Crippen LogP) is 5.01. The summed E-state index contributed by atoms with van der Waals surface area (Å²) in [6.07, 6.45) is 0. The number of nitrogens with zero attached hydrogens (tertiary/aromatic N) is 3. The van der Waals surface area contributed by atoms with Crippen LogP contribution in [0.1, 0.15) is 29.5 Å². The van der Waals surface area contributed by atoms with Crippen LogP contribution in [0.15, 0.2) is 72.8 Å². The minimum atomic E-state index is -0.343. The number of benzene rings is 3. The standard InChI is InChI=1S/C28H30FN3O4/c1-20(33)31(15-21-7-11-25(29)12-8-21)18-24-17-30(16-23-5-3-4-6-28(23)32(34)35)19-27(24)22-9-13-26(36-2)14-10-22/h3-14,24,27H,15-19H2,1-2H3. The average molecular weight is 492 g/mol. The van der Waals surface area contributed by atoms with Crippen LogP contribution in [-0.2, 0) is 17.9 Å². The Morgan fingerprint density at radius 2 is 1.78 bits per heavy atom. The van der Waals surface area contributed by atoms with E-state index in [1.165, 1.54) is 18.2 Å². The van der Waals surface area contributed by atoms with Gasteiger partial charge in [0.1, 0.15) is 11.6 Å². The second-order valence-electron chi connectivity index (χ2n) is 9.25. The number of ether oxygens (including phenoxy) is 1. The highest BCUT2D eigenvalue weighted by Gasteiger charge is 2.36. The summed E-state index contributed by atoms with van der Waals surface area (Å²) in [6, 6.07) is 21.0. The van der Waals surface area contributed by atoms with Crippen LogP contribution in [0.4, 0.5) is 10.1 Å². The normalized spacial score (nSPS) is 17.6. The Bertz CT molecular complexity index is 1200. The lowest BCUT2D eigenvalue weighted by atomic mass is 9.88. The molecule has 3 aromatic rings. The molecule has 0 spiro atoms. The fourth-order valence-electron chi connectivity index (χ4n) is 4.96. The Morgan fingerprint density at radius 1 is 1.08 bits per heavy atom. The second-order valence-corrected chi connectivity index (χ2v) is 9.25. The fourth-order valence-corrected chi connectivity index (χ4v) is 4.96. The largest absolute Gasteiger partial charge is 0.497 e. The molecule has 3 aromatic carbocycles. The highest BCUT2D eigenvalue weighted by atomic mass is 19.1. The number of carbonyl (C=O) groups is 1. The Balaban J connectivity index is 1.57. The van der Waals surface area contributed by atoms with E-state index >= 15 is 0 Å². The number of amides is 1. The van der Waals surface area contributed by atoms with Gasteiger partial charge in [0, 0.05) is 57.2 Å². The average Bonchev–Trinajstić information content (AvgIpc) is 3.27. The van der Waals surface area contributed by atoms with Crippen LogP contribution in [0.25, 0.3) is 0 Å². The summed E-state index contributed by atoms with van der Waals surface area (Å²) in [4.78, 5) is 27.8. The van der Waals surface area contributed by atoms with Gasteiger partial charge < -0.3 is 9.64 Å². The lowest BCUT2D eigenvalue weighted by molar-refractivity contribution is -0.385. The molecule has 1 heterocycles. The minimum absolute atomic E-state index is 0.0510. The van der Waals surface area contributed by atoms with E-state index in [1.54, 1.807) is 43.2 Å². The van der Waals surface area contributed by atoms with Crippen molar-refractivity contribution in [3.8, 4) is 5.75 Å². The van der Waals surface area contributed by atoms with Gasteiger partial charge in [-0.2, -0.15) is 0 Å². The smallest absolute Gasteiger partial charge is 0.273 e. The molecule has 36 heavy (non-hydrogen) atoms. The number of nitro benzene ring substituents is 1. The molecule has 1 aliphatic rings. The van der Waals surface area contributed by atoms with Crippen LogP contribution >= 0.6 is 0 Å². The topological polar surface area (TPSA) is 75.9 Å². The van der Waals surface area contributed by atoms with E-state index in [9.17, 15) is 19.3 Å². The molecule has 1 aliphatic heterocycles. The summed E-state index contributed by atoms with van der Waals surface area (Å²) in [5.74, 6) is 0.657. The molecule has 0 radical (unpaired) electrons. The number of rotatable bonds is 9. The van der Waals surface area contributed by atoms with Crippen molar-refractivity contribution >= 4 is 11.6 Å². The molecule has 2 atom stereocenters. The molecule has 2 unspecified atom stereocenters. The molecule has 7 nitrogen and oxygen atoms in total. The highest BCUT2D eigenvalue weighted by Crippen LogP contribution is 2.36. The number of likely N-dealkylation sites (tertiary alicyclic amines) is 1. The van der Waals surface area contributed by atoms with Gasteiger partial charge in [0.25, 0.3) is 5.69 Å². The van der Waals surface area contributed by atoms with Crippen molar-refractivity contribution in [2.75, 3.05) is 26.7 Å². The molecule has 1 saturated heterocycles. The van der Waals surface area contributed by atoms with Crippen molar-refractivity contribution in [2.24, 2.45) is 5.92 Å². The first kappa shape index (κ1) is 25.3. The molecule has 4 rings (SSSR count). The third-order valence-corrected chi connectivity index (χ3v) is 6.83. The highest BCUT2D eigenvalue weighted by molar-refractivity contribution is 5.73. The number of nitro groups is 1. The lowest BCUT2D eigenvalue weighted by Gasteiger charge is -2.28. The molecule has 0 aromatic heterocycles. The van der Waals surface area contributed by atoms with Gasteiger partial charge in [0.15, 0.2) is 0 Å². The van der Waals surface area contributed by atoms with E-state index in [4.69, 9.17) is 4.74 Å². The van der Waals surface area contributed by atoms with Crippen molar-refractivity contribution in [1.29, 1.82) is 0 Å². The summed E-state index contributed by atoms with van der Waals surface area (Å²) in [6.45, 7) is 4.33. The van der Waals surface area contributed by atoms with Gasteiger partial charge in [-0.1, -0.05) is 42.5 Å². The van der Waals surface area contributed by atoms with Gasteiger partial charge in [-0.05, 0) is 41.3 Å². The van der Waals surface area contributed by atoms with Gasteiger partial charge in [0.05, 0.1) is 12.0 Å². The van der Waals surface area contributed by atoms with E-state index in [0.717, 1.165) is 16.9 Å². The van der Waals surface area contributed by atoms with Gasteiger partial charge in [-0.25, -0.2) is 4.39 Å². The summed E-state index contributed by atoms with van der Waals surface area (Å²) in [5.41, 5.74) is 2.79. The van der Waals surface area contributed by atoms with Crippen LogP contribution < -0.4 is 4.74 Å². The first-order valence-corrected chi connectivity index (χ1v) is 11.9. The molecule has 0 aliphatic carbocycles. The van der Waals surface area contributed by atoms with E-state index in [1.807, 2.05) is 30.3 Å². The zero-order valence-electron chi connectivity index (χ0n) is 20.5. The number of carbonyl (C=O) groups excluding carboxylic acids is 1. The van der Waals surface area contributed by atoms with Crippen LogP contribution in [0.2, 0.25) is 0 Å². The van der Waals surface area contributed by atoms with Crippen molar-refractivity contribution in [3.05, 3.63) is 105 Å². The summed E-state index contributed by atoms with van der Waals surface area (Å²) < 4.78 is 18.7. The van der Waals surface area contributed by atoms with Gasteiger partial charge in [-0.15, -0.1) is 0 Å². The van der Waals surface area contributed by atoms with Crippen molar-refractivity contribution in [3.63, 3.8) is 0 Å². The van der Waals surface area contributed by atoms with Crippen LogP contribution in [0.5, 0.6) is 5.75 Å². The molecule has 1 amide bonds. The SMILES string of the molecule is COc1ccc(C2CN(Cc3ccccc3[N+](=O)[O-])CC2CN(Cc2ccc(F)cc2)C(C)=O)cc1. The fraction of sp³-hybridized carbons (Fsp3) is 0.321. The van der Waals surface area contributed by atoms with Gasteiger partial charge >= 0.3 is 0 Å². The molecule has 188 valence electrons. The zero-order chi connectivity index (χ0) is 25.7. The third kappa shape index (κ3) is 6.07. The van der Waals surface area contributed by atoms with Crippen LogP contribution in [-0.4, -0.2) is 47.4 Å². The summed E-state index contributed by atoms with van der Waals surface area (Å²) in [7, 11) is 1.63. The molecular weight excluding hydrogens is 461 g/mol. The summed E-state index contributed by atoms with van der Waals surface area (Å²) in [5, 5.41) is 11.5. The summed E-state index contributed by atoms with van der Waals surface area (Å²) >= 11 is 0. The lowest BCUT2D eigenvalue weighted by Crippen LogP contribution is -2.35. The van der Waals surface area contributed by atoms with E-state index < -0.39 is 0 Å². The van der Waals surface area contributed by atoms with Gasteiger partial charge in [0.2, 0.25) is 5.91 Å². The molecule has 0 N–H and O–H groups in total. The van der Waals surface area contributed by atoms with Crippen molar-refractivity contribution in [2.45, 2.75) is 25.9 Å². The Morgan fingerprint density at radius 3 is 2.42 bits per heavy atom. The Labute approximate surface area is 210 Å². The first-order valence-electron chi connectivity index (χ1n) is 11.9. The molecular formula is C28H30FN3O4. The zero-order valence-corrected chi connectivity index (χ0v) is 20.5. The monoisotopic (exact) mass is 491 g/mol. The number of methoxy groups -OCH3 is 1. The molecule has 0 bridgehead atoms. The number of halogens is 1. The number of hydrogen-bond acceptors (Lipinski definition) is 5. The van der Waals surface area contributed by atoms with Crippen LogP contribution in [0.3, 0.4) is 0 Å². The quantitative estimate of drug-likeness (QED) is 0.311. The predicted molar refractivity (Wildman–Crippen MR) is 135 cm³/mol. The van der Waals surface area contributed by atoms with E-state index in [-0.39, 0.29) is 34.2 Å². The third-order valence-electron chi connectivity index (χ3n) is 6.83. The first-order chi connectivity index (χ1) is 17.3. The number of para-hydroxylation sites is 1. The van der Waals surface area contributed by atoms with Crippen molar-refractivity contribution in [1.82, 2.24) is 9.80 Å². The molecule has 1 fully saturated rings. The minimum Gasteiger partial charge on any atom is -0.497 e. The molecule has 0 saturated carbocycles.